The van der Waals surface area contributed by atoms with Gasteiger partial charge in [0.2, 0.25) is 0 Å². The standard InChI is InChI=1S/C17H14N4O3/c1-23-9-5-6-12-10(7-9)11(8-19-12)16-20-13-3-2-4-14(15(13)21-16)24-17(18)22/h2-8,19H,1H3,(H2,18,22)(H,20,21). The lowest BCUT2D eigenvalue weighted by atomic mass is 10.1. The van der Waals surface area contributed by atoms with E-state index in [0.717, 1.165) is 27.7 Å². The van der Waals surface area contributed by atoms with Crippen molar-refractivity contribution in [3.63, 3.8) is 0 Å². The summed E-state index contributed by atoms with van der Waals surface area (Å²) in [6.07, 6.45) is 1.00. The number of aromatic nitrogens is 3. The van der Waals surface area contributed by atoms with Crippen LogP contribution in [-0.4, -0.2) is 28.2 Å². The molecule has 4 rings (SSSR count). The van der Waals surface area contributed by atoms with Gasteiger partial charge in [-0.25, -0.2) is 9.78 Å². The Morgan fingerprint density at radius 1 is 1.21 bits per heavy atom. The van der Waals surface area contributed by atoms with E-state index in [2.05, 4.69) is 15.0 Å². The zero-order valence-corrected chi connectivity index (χ0v) is 12.8. The van der Waals surface area contributed by atoms with Crippen LogP contribution in [0.3, 0.4) is 0 Å². The Bertz CT molecular complexity index is 1060. The predicted octanol–water partition coefficient (Wildman–Crippen LogP) is 3.18. The fraction of sp³-hybridized carbons (Fsp3) is 0.0588. The molecule has 0 unspecified atom stereocenters. The van der Waals surface area contributed by atoms with Crippen LogP contribution in [0.4, 0.5) is 4.79 Å². The molecule has 0 aliphatic heterocycles. The smallest absolute Gasteiger partial charge is 0.410 e. The van der Waals surface area contributed by atoms with E-state index in [4.69, 9.17) is 15.2 Å². The number of nitrogens with two attached hydrogens (primary N) is 1. The first-order chi connectivity index (χ1) is 11.7. The summed E-state index contributed by atoms with van der Waals surface area (Å²) in [7, 11) is 1.63. The molecular formula is C17H14N4O3. The second-order valence-electron chi connectivity index (χ2n) is 5.27. The van der Waals surface area contributed by atoms with Crippen LogP contribution in [0.1, 0.15) is 0 Å². The minimum absolute atomic E-state index is 0.319. The average molecular weight is 322 g/mol. The number of imidazole rings is 1. The van der Waals surface area contributed by atoms with Gasteiger partial charge in [0, 0.05) is 22.7 Å². The van der Waals surface area contributed by atoms with Crippen molar-refractivity contribution in [2.45, 2.75) is 0 Å². The van der Waals surface area contributed by atoms with E-state index in [9.17, 15) is 4.79 Å². The van der Waals surface area contributed by atoms with Crippen LogP contribution in [0, 0.1) is 0 Å². The Labute approximate surface area is 136 Å². The number of hydrogen-bond donors (Lipinski definition) is 3. The number of ether oxygens (including phenoxy) is 2. The molecule has 0 radical (unpaired) electrons. The Balaban J connectivity index is 1.89. The number of methoxy groups -OCH3 is 1. The molecule has 0 fully saturated rings. The fourth-order valence-electron chi connectivity index (χ4n) is 2.75. The molecule has 0 atom stereocenters. The van der Waals surface area contributed by atoms with Gasteiger partial charge >= 0.3 is 6.09 Å². The summed E-state index contributed by atoms with van der Waals surface area (Å²) in [5, 5.41) is 0.978. The summed E-state index contributed by atoms with van der Waals surface area (Å²) in [5.41, 5.74) is 8.27. The summed E-state index contributed by atoms with van der Waals surface area (Å²) in [4.78, 5) is 22.0. The highest BCUT2D eigenvalue weighted by Gasteiger charge is 2.14. The van der Waals surface area contributed by atoms with Crippen LogP contribution in [0.2, 0.25) is 0 Å². The van der Waals surface area contributed by atoms with E-state index in [1.807, 2.05) is 30.5 Å². The van der Waals surface area contributed by atoms with Crippen LogP contribution >= 0.6 is 0 Å². The van der Waals surface area contributed by atoms with Gasteiger partial charge in [-0.2, -0.15) is 0 Å². The van der Waals surface area contributed by atoms with Crippen molar-refractivity contribution in [1.29, 1.82) is 0 Å². The molecule has 4 aromatic rings. The van der Waals surface area contributed by atoms with Crippen molar-refractivity contribution in [1.82, 2.24) is 15.0 Å². The summed E-state index contributed by atoms with van der Waals surface area (Å²) in [5.74, 6) is 1.74. The number of nitrogens with zero attached hydrogens (tertiary/aromatic N) is 1. The SMILES string of the molecule is COc1ccc2[nH]cc(-c3nc4c(OC(N)=O)cccc4[nH]3)c2c1. The molecule has 0 aliphatic carbocycles. The largest absolute Gasteiger partial charge is 0.497 e. The molecule has 0 saturated heterocycles. The van der Waals surface area contributed by atoms with Crippen LogP contribution in [-0.2, 0) is 0 Å². The number of carbonyl (C=O) groups excluding carboxylic acids is 1. The molecule has 4 N–H and O–H groups in total. The van der Waals surface area contributed by atoms with Crippen LogP contribution < -0.4 is 15.2 Å². The van der Waals surface area contributed by atoms with Gasteiger partial charge in [-0.05, 0) is 30.3 Å². The molecule has 0 saturated carbocycles. The van der Waals surface area contributed by atoms with Gasteiger partial charge in [0.05, 0.1) is 12.6 Å². The lowest BCUT2D eigenvalue weighted by Crippen LogP contribution is -2.16. The third kappa shape index (κ3) is 2.23. The predicted molar refractivity (Wildman–Crippen MR) is 90.1 cm³/mol. The normalized spacial score (nSPS) is 11.0. The number of para-hydroxylation sites is 1. The molecule has 1 amide bonds. The second kappa shape index (κ2) is 5.31. The third-order valence-electron chi connectivity index (χ3n) is 3.83. The van der Waals surface area contributed by atoms with Gasteiger partial charge in [0.1, 0.15) is 17.1 Å². The van der Waals surface area contributed by atoms with Gasteiger partial charge in [-0.1, -0.05) is 6.07 Å². The second-order valence-corrected chi connectivity index (χ2v) is 5.27. The quantitative estimate of drug-likeness (QED) is 0.538. The number of carbonyl (C=O) groups is 1. The van der Waals surface area contributed by atoms with Gasteiger partial charge in [0.15, 0.2) is 5.75 Å². The lowest BCUT2D eigenvalue weighted by Gasteiger charge is -2.00. The molecule has 24 heavy (non-hydrogen) atoms. The number of hydrogen-bond acceptors (Lipinski definition) is 4. The van der Waals surface area contributed by atoms with Gasteiger partial charge in [-0.3, -0.25) is 0 Å². The Morgan fingerprint density at radius 2 is 2.08 bits per heavy atom. The molecular weight excluding hydrogens is 308 g/mol. The number of primary amides is 1. The Morgan fingerprint density at radius 3 is 2.88 bits per heavy atom. The molecule has 2 aromatic carbocycles. The minimum Gasteiger partial charge on any atom is -0.497 e. The highest BCUT2D eigenvalue weighted by molar-refractivity contribution is 5.97. The van der Waals surface area contributed by atoms with E-state index >= 15 is 0 Å². The van der Waals surface area contributed by atoms with Gasteiger partial charge < -0.3 is 25.2 Å². The molecule has 2 heterocycles. The highest BCUT2D eigenvalue weighted by atomic mass is 16.5. The van der Waals surface area contributed by atoms with Crippen molar-refractivity contribution in [3.8, 4) is 22.9 Å². The number of rotatable bonds is 3. The zero-order chi connectivity index (χ0) is 16.7. The average Bonchev–Trinajstić information content (AvgIpc) is 3.17. The Kier molecular flexibility index (Phi) is 3.13. The first-order valence-corrected chi connectivity index (χ1v) is 7.27. The minimum atomic E-state index is -0.871. The van der Waals surface area contributed by atoms with Gasteiger partial charge in [-0.15, -0.1) is 0 Å². The van der Waals surface area contributed by atoms with Crippen LogP contribution in [0.5, 0.6) is 11.5 Å². The first kappa shape index (κ1) is 14.1. The van der Waals surface area contributed by atoms with Crippen molar-refractivity contribution in [2.24, 2.45) is 5.73 Å². The third-order valence-corrected chi connectivity index (χ3v) is 3.83. The first-order valence-electron chi connectivity index (χ1n) is 7.27. The molecule has 2 aromatic heterocycles. The molecule has 120 valence electrons. The summed E-state index contributed by atoms with van der Waals surface area (Å²) >= 11 is 0. The summed E-state index contributed by atoms with van der Waals surface area (Å²) < 4.78 is 10.3. The molecule has 7 heteroatoms. The topological polar surface area (TPSA) is 106 Å². The van der Waals surface area contributed by atoms with E-state index in [0.29, 0.717) is 17.1 Å². The lowest BCUT2D eigenvalue weighted by molar-refractivity contribution is 0.211. The summed E-state index contributed by atoms with van der Waals surface area (Å²) in [6.45, 7) is 0. The van der Waals surface area contributed by atoms with Gasteiger partial charge in [0.25, 0.3) is 0 Å². The fourth-order valence-corrected chi connectivity index (χ4v) is 2.75. The molecule has 0 aliphatic rings. The van der Waals surface area contributed by atoms with Crippen molar-refractivity contribution in [3.05, 3.63) is 42.6 Å². The van der Waals surface area contributed by atoms with Crippen molar-refractivity contribution < 1.29 is 14.3 Å². The van der Waals surface area contributed by atoms with Crippen LogP contribution in [0.15, 0.2) is 42.6 Å². The van der Waals surface area contributed by atoms with E-state index < -0.39 is 6.09 Å². The number of H-pyrrole nitrogens is 2. The highest BCUT2D eigenvalue weighted by Crippen LogP contribution is 2.32. The summed E-state index contributed by atoms with van der Waals surface area (Å²) in [6, 6.07) is 11.0. The monoisotopic (exact) mass is 322 g/mol. The van der Waals surface area contributed by atoms with E-state index in [1.165, 1.54) is 0 Å². The van der Waals surface area contributed by atoms with Crippen LogP contribution in [0.25, 0.3) is 33.3 Å². The van der Waals surface area contributed by atoms with Crippen molar-refractivity contribution >= 4 is 28.0 Å². The number of benzene rings is 2. The molecule has 0 spiro atoms. The van der Waals surface area contributed by atoms with Crippen molar-refractivity contribution in [2.75, 3.05) is 7.11 Å². The number of nitrogens with one attached hydrogen (secondary N) is 2. The Hall–Kier alpha value is -3.48. The molecule has 7 nitrogen and oxygen atoms in total. The number of aromatic amines is 2. The maximum atomic E-state index is 11.0. The maximum Gasteiger partial charge on any atom is 0.410 e. The zero-order valence-electron chi connectivity index (χ0n) is 12.8. The molecule has 0 bridgehead atoms. The van der Waals surface area contributed by atoms with E-state index in [1.54, 1.807) is 19.2 Å². The van der Waals surface area contributed by atoms with E-state index in [-0.39, 0.29) is 0 Å². The maximum absolute atomic E-state index is 11.0. The number of fused-ring (bicyclic) bond motifs is 2. The number of amides is 1.